The van der Waals surface area contributed by atoms with Crippen LogP contribution in [0.4, 0.5) is 0 Å². The zero-order valence-corrected chi connectivity index (χ0v) is 19.2. The van der Waals surface area contributed by atoms with Gasteiger partial charge in [-0.25, -0.2) is 13.1 Å². The van der Waals surface area contributed by atoms with E-state index in [1.807, 2.05) is 6.07 Å². The van der Waals surface area contributed by atoms with Gasteiger partial charge in [-0.2, -0.15) is 0 Å². The van der Waals surface area contributed by atoms with Crippen LogP contribution in [0.2, 0.25) is 0 Å². The second-order valence-corrected chi connectivity index (χ2v) is 9.25. The molecule has 33 heavy (non-hydrogen) atoms. The number of carbonyl (C=O) groups is 2. The summed E-state index contributed by atoms with van der Waals surface area (Å²) >= 11 is 0. The third-order valence-corrected chi connectivity index (χ3v) is 6.42. The fourth-order valence-corrected chi connectivity index (χ4v) is 4.32. The average molecular weight is 476 g/mol. The highest BCUT2D eigenvalue weighted by molar-refractivity contribution is 7.89. The van der Waals surface area contributed by atoms with Crippen LogP contribution < -0.4 is 24.8 Å². The Labute approximate surface area is 193 Å². The SMILES string of the molecule is O=C(CCCCCNS(=O)(=O)c1ccc2c(c1)OCCO2)NCCNC(=O)c1ccccc1. The van der Waals surface area contributed by atoms with Gasteiger partial charge in [0.05, 0.1) is 4.90 Å². The molecule has 0 atom stereocenters. The first-order chi connectivity index (χ1) is 16.0. The van der Waals surface area contributed by atoms with Gasteiger partial charge in [0, 0.05) is 37.7 Å². The fourth-order valence-electron chi connectivity index (χ4n) is 3.23. The molecule has 0 spiro atoms. The van der Waals surface area contributed by atoms with Crippen molar-refractivity contribution in [2.45, 2.75) is 30.6 Å². The zero-order valence-electron chi connectivity index (χ0n) is 18.3. The Morgan fingerprint density at radius 3 is 2.33 bits per heavy atom. The molecule has 10 heteroatoms. The molecule has 2 amide bonds. The van der Waals surface area contributed by atoms with Crippen LogP contribution >= 0.6 is 0 Å². The smallest absolute Gasteiger partial charge is 0.251 e. The predicted molar refractivity (Wildman–Crippen MR) is 123 cm³/mol. The first-order valence-corrected chi connectivity index (χ1v) is 12.4. The molecule has 0 unspecified atom stereocenters. The van der Waals surface area contributed by atoms with Crippen LogP contribution in [-0.4, -0.2) is 53.1 Å². The molecule has 9 nitrogen and oxygen atoms in total. The molecule has 0 aliphatic carbocycles. The van der Waals surface area contributed by atoms with E-state index in [0.29, 0.717) is 69.0 Å². The molecule has 2 aromatic rings. The van der Waals surface area contributed by atoms with E-state index in [1.54, 1.807) is 30.3 Å². The quantitative estimate of drug-likeness (QED) is 0.403. The Balaban J connectivity index is 1.25. The summed E-state index contributed by atoms with van der Waals surface area (Å²) in [5.41, 5.74) is 0.577. The van der Waals surface area contributed by atoms with Gasteiger partial charge < -0.3 is 20.1 Å². The first-order valence-electron chi connectivity index (χ1n) is 10.9. The average Bonchev–Trinajstić information content (AvgIpc) is 2.84. The van der Waals surface area contributed by atoms with E-state index in [-0.39, 0.29) is 23.3 Å². The van der Waals surface area contributed by atoms with Crippen molar-refractivity contribution >= 4 is 21.8 Å². The van der Waals surface area contributed by atoms with Crippen molar-refractivity contribution in [1.82, 2.24) is 15.4 Å². The molecule has 0 fully saturated rings. The van der Waals surface area contributed by atoms with Crippen molar-refractivity contribution in [3.63, 3.8) is 0 Å². The Morgan fingerprint density at radius 1 is 0.818 bits per heavy atom. The summed E-state index contributed by atoms with van der Waals surface area (Å²) in [5.74, 6) is 0.691. The maximum absolute atomic E-state index is 12.4. The lowest BCUT2D eigenvalue weighted by molar-refractivity contribution is -0.121. The first kappa shape index (κ1) is 24.5. The second-order valence-electron chi connectivity index (χ2n) is 7.49. The maximum Gasteiger partial charge on any atom is 0.251 e. The zero-order chi connectivity index (χ0) is 23.5. The molecule has 178 valence electrons. The largest absolute Gasteiger partial charge is 0.486 e. The van der Waals surface area contributed by atoms with Crippen LogP contribution in [0.15, 0.2) is 53.4 Å². The molecule has 3 N–H and O–H groups in total. The highest BCUT2D eigenvalue weighted by Gasteiger charge is 2.18. The van der Waals surface area contributed by atoms with Gasteiger partial charge in [0.25, 0.3) is 5.91 Å². The minimum absolute atomic E-state index is 0.0965. The van der Waals surface area contributed by atoms with Crippen LogP contribution in [0.25, 0.3) is 0 Å². The van der Waals surface area contributed by atoms with Crippen molar-refractivity contribution in [3.05, 3.63) is 54.1 Å². The molecule has 2 aromatic carbocycles. The number of hydrogen-bond acceptors (Lipinski definition) is 6. The number of ether oxygens (including phenoxy) is 2. The number of fused-ring (bicyclic) bond motifs is 1. The van der Waals surface area contributed by atoms with Crippen molar-refractivity contribution < 1.29 is 27.5 Å². The van der Waals surface area contributed by atoms with Crippen molar-refractivity contribution in [2.24, 2.45) is 0 Å². The van der Waals surface area contributed by atoms with Gasteiger partial charge in [0.2, 0.25) is 15.9 Å². The Kier molecular flexibility index (Phi) is 9.08. The van der Waals surface area contributed by atoms with Crippen molar-refractivity contribution in [2.75, 3.05) is 32.8 Å². The van der Waals surface area contributed by atoms with Gasteiger partial charge in [-0.15, -0.1) is 0 Å². The van der Waals surface area contributed by atoms with Crippen LogP contribution in [0.5, 0.6) is 11.5 Å². The lowest BCUT2D eigenvalue weighted by Gasteiger charge is -2.18. The molecule has 0 saturated heterocycles. The summed E-state index contributed by atoms with van der Waals surface area (Å²) in [4.78, 5) is 23.9. The van der Waals surface area contributed by atoms with E-state index >= 15 is 0 Å². The second kappa shape index (κ2) is 12.2. The fraction of sp³-hybridized carbons (Fsp3) is 0.391. The molecule has 0 saturated carbocycles. The molecule has 0 radical (unpaired) electrons. The number of amides is 2. The van der Waals surface area contributed by atoms with Crippen LogP contribution in [0, 0.1) is 0 Å². The topological polar surface area (TPSA) is 123 Å². The molecule has 0 aromatic heterocycles. The summed E-state index contributed by atoms with van der Waals surface area (Å²) in [6.45, 7) is 1.82. The molecule has 1 heterocycles. The van der Waals surface area contributed by atoms with E-state index in [4.69, 9.17) is 9.47 Å². The Morgan fingerprint density at radius 2 is 1.55 bits per heavy atom. The normalized spacial score (nSPS) is 12.7. The molecule has 0 bridgehead atoms. The van der Waals surface area contributed by atoms with Crippen LogP contribution in [-0.2, 0) is 14.8 Å². The van der Waals surface area contributed by atoms with Gasteiger partial charge >= 0.3 is 0 Å². The van der Waals surface area contributed by atoms with Crippen molar-refractivity contribution in [3.8, 4) is 11.5 Å². The maximum atomic E-state index is 12.4. The van der Waals surface area contributed by atoms with Crippen LogP contribution in [0.1, 0.15) is 36.0 Å². The van der Waals surface area contributed by atoms with Gasteiger partial charge in [-0.3, -0.25) is 9.59 Å². The number of rotatable bonds is 12. The lowest BCUT2D eigenvalue weighted by atomic mass is 10.2. The minimum atomic E-state index is -3.64. The molecule has 1 aliphatic heterocycles. The lowest BCUT2D eigenvalue weighted by Crippen LogP contribution is -2.34. The van der Waals surface area contributed by atoms with Crippen LogP contribution in [0.3, 0.4) is 0 Å². The monoisotopic (exact) mass is 475 g/mol. The van der Waals surface area contributed by atoms with E-state index in [2.05, 4.69) is 15.4 Å². The highest BCUT2D eigenvalue weighted by Crippen LogP contribution is 2.32. The number of hydrogen-bond donors (Lipinski definition) is 3. The minimum Gasteiger partial charge on any atom is -0.486 e. The summed E-state index contributed by atoms with van der Waals surface area (Å²) in [7, 11) is -3.64. The number of benzene rings is 2. The Hall–Kier alpha value is -3.11. The van der Waals surface area contributed by atoms with Gasteiger partial charge in [-0.1, -0.05) is 24.6 Å². The van der Waals surface area contributed by atoms with E-state index < -0.39 is 10.0 Å². The van der Waals surface area contributed by atoms with E-state index in [1.165, 1.54) is 12.1 Å². The van der Waals surface area contributed by atoms with E-state index in [0.717, 1.165) is 0 Å². The Bertz CT molecular complexity index is 1040. The summed E-state index contributed by atoms with van der Waals surface area (Å²) in [6, 6.07) is 13.4. The number of nitrogens with one attached hydrogen (secondary N) is 3. The standard InChI is InChI=1S/C23H29N3O6S/c27-22(24-13-14-25-23(28)18-7-3-1-4-8-18)9-5-2-6-12-26-33(29,30)19-10-11-20-21(17-19)32-16-15-31-20/h1,3-4,7-8,10-11,17,26H,2,5-6,9,12-16H2,(H,24,27)(H,25,28). The highest BCUT2D eigenvalue weighted by atomic mass is 32.2. The summed E-state index contributed by atoms with van der Waals surface area (Å²) in [6.07, 6.45) is 2.32. The molecular weight excluding hydrogens is 446 g/mol. The molecule has 3 rings (SSSR count). The molecule has 1 aliphatic rings. The summed E-state index contributed by atoms with van der Waals surface area (Å²) < 4.78 is 38.3. The third-order valence-electron chi connectivity index (χ3n) is 4.97. The third kappa shape index (κ3) is 7.76. The van der Waals surface area contributed by atoms with Crippen molar-refractivity contribution in [1.29, 1.82) is 0 Å². The number of sulfonamides is 1. The van der Waals surface area contributed by atoms with Gasteiger partial charge in [0.1, 0.15) is 13.2 Å². The molecular formula is C23H29N3O6S. The summed E-state index contributed by atoms with van der Waals surface area (Å²) in [5, 5.41) is 5.51. The van der Waals surface area contributed by atoms with E-state index in [9.17, 15) is 18.0 Å². The van der Waals surface area contributed by atoms with Gasteiger partial charge in [0.15, 0.2) is 11.5 Å². The number of carbonyl (C=O) groups excluding carboxylic acids is 2. The predicted octanol–water partition coefficient (Wildman–Crippen LogP) is 1.84. The number of unbranched alkanes of at least 4 members (excludes halogenated alkanes) is 2. The van der Waals surface area contributed by atoms with Gasteiger partial charge in [-0.05, 0) is 37.1 Å².